The number of hydrogen-bond donors (Lipinski definition) is 1. The van der Waals surface area contributed by atoms with E-state index in [4.69, 9.17) is 14.2 Å². The Kier molecular flexibility index (Phi) is 6.46. The van der Waals surface area contributed by atoms with Crippen LogP contribution in [-0.4, -0.2) is 45.6 Å². The van der Waals surface area contributed by atoms with Crippen LogP contribution >= 0.6 is 22.6 Å². The first-order valence-corrected chi connectivity index (χ1v) is 9.71. The molecule has 1 heterocycles. The lowest BCUT2D eigenvalue weighted by molar-refractivity contribution is -0.237. The minimum absolute atomic E-state index is 0.313. The van der Waals surface area contributed by atoms with Crippen molar-refractivity contribution in [2.45, 2.75) is 35.5 Å². The van der Waals surface area contributed by atoms with Gasteiger partial charge < -0.3 is 19.3 Å². The Hall–Kier alpha value is -1.97. The molecule has 0 aromatic heterocycles. The molecule has 0 unspecified atom stereocenters. The summed E-state index contributed by atoms with van der Waals surface area (Å²) in [6.45, 7) is 1.76. The summed E-state index contributed by atoms with van der Waals surface area (Å²) < 4.78 is 16.2. The predicted molar refractivity (Wildman–Crippen MR) is 106 cm³/mol. The van der Waals surface area contributed by atoms with Gasteiger partial charge in [0.2, 0.25) is 0 Å². The molecule has 0 amide bonds. The van der Waals surface area contributed by atoms with Gasteiger partial charge in [0, 0.05) is 0 Å². The zero-order valence-corrected chi connectivity index (χ0v) is 16.7. The van der Waals surface area contributed by atoms with Gasteiger partial charge in [-0.25, -0.2) is 9.59 Å². The van der Waals surface area contributed by atoms with E-state index in [1.54, 1.807) is 67.6 Å². The van der Waals surface area contributed by atoms with Gasteiger partial charge in [0.15, 0.2) is 18.5 Å². The maximum absolute atomic E-state index is 12.5. The Morgan fingerprint density at radius 1 is 0.889 bits per heavy atom. The number of ether oxygens (including phenoxy) is 3. The van der Waals surface area contributed by atoms with Crippen LogP contribution in [0.2, 0.25) is 0 Å². The number of halogens is 1. The molecule has 2 aromatic rings. The number of alkyl halides is 1. The van der Waals surface area contributed by atoms with E-state index < -0.39 is 30.4 Å². The SMILES string of the molecule is C[C@H]1O[C@@H](O)[C@H](OC(=O)c2ccccc2)[C@@H](OC(=O)c2ccccc2)[C@H]1I. The molecule has 5 atom stereocenters. The normalized spacial score (nSPS) is 27.6. The van der Waals surface area contributed by atoms with Crippen molar-refractivity contribution in [2.24, 2.45) is 0 Å². The number of benzene rings is 2. The Morgan fingerprint density at radius 3 is 1.81 bits per heavy atom. The second-order valence-corrected chi connectivity index (χ2v) is 7.59. The first-order chi connectivity index (χ1) is 13.0. The highest BCUT2D eigenvalue weighted by Crippen LogP contribution is 2.31. The molecule has 0 radical (unpaired) electrons. The van der Waals surface area contributed by atoms with E-state index >= 15 is 0 Å². The number of carbonyl (C=O) groups excluding carboxylic acids is 2. The Labute approximate surface area is 170 Å². The van der Waals surface area contributed by atoms with Crippen molar-refractivity contribution in [1.29, 1.82) is 0 Å². The minimum atomic E-state index is -1.40. The molecule has 6 nitrogen and oxygen atoms in total. The van der Waals surface area contributed by atoms with E-state index in [0.717, 1.165) is 0 Å². The molecule has 0 bridgehead atoms. The molecular formula is C20H19IO6. The Balaban J connectivity index is 1.80. The van der Waals surface area contributed by atoms with Gasteiger partial charge >= 0.3 is 11.9 Å². The Bertz CT molecular complexity index is 782. The number of esters is 2. The van der Waals surface area contributed by atoms with Crippen molar-refractivity contribution >= 4 is 34.5 Å². The first kappa shape index (κ1) is 19.8. The molecule has 27 heavy (non-hydrogen) atoms. The average Bonchev–Trinajstić information content (AvgIpc) is 2.69. The third-order valence-corrected chi connectivity index (χ3v) is 5.95. The van der Waals surface area contributed by atoms with E-state index in [9.17, 15) is 14.7 Å². The molecule has 1 fully saturated rings. The topological polar surface area (TPSA) is 82.1 Å². The second-order valence-electron chi connectivity index (χ2n) is 6.15. The third kappa shape index (κ3) is 4.66. The molecule has 0 saturated carbocycles. The number of aliphatic hydroxyl groups is 1. The smallest absolute Gasteiger partial charge is 0.338 e. The molecule has 1 N–H and O–H groups in total. The molecule has 0 aliphatic carbocycles. The summed E-state index contributed by atoms with van der Waals surface area (Å²) in [5.74, 6) is -1.17. The van der Waals surface area contributed by atoms with E-state index in [1.807, 2.05) is 0 Å². The monoisotopic (exact) mass is 482 g/mol. The van der Waals surface area contributed by atoms with Gasteiger partial charge in [0.25, 0.3) is 0 Å². The van der Waals surface area contributed by atoms with Crippen LogP contribution < -0.4 is 0 Å². The van der Waals surface area contributed by atoms with Crippen molar-refractivity contribution in [1.82, 2.24) is 0 Å². The van der Waals surface area contributed by atoms with E-state index in [0.29, 0.717) is 11.1 Å². The molecule has 142 valence electrons. The zero-order chi connectivity index (χ0) is 19.4. The van der Waals surface area contributed by atoms with Crippen molar-refractivity contribution in [3.8, 4) is 0 Å². The molecule has 1 aliphatic heterocycles. The molecule has 3 rings (SSSR count). The lowest BCUT2D eigenvalue weighted by Gasteiger charge is -2.40. The van der Waals surface area contributed by atoms with Crippen LogP contribution in [0.25, 0.3) is 0 Å². The van der Waals surface area contributed by atoms with Crippen LogP contribution in [0.1, 0.15) is 27.6 Å². The lowest BCUT2D eigenvalue weighted by atomic mass is 10.0. The minimum Gasteiger partial charge on any atom is -0.453 e. The van der Waals surface area contributed by atoms with Crippen LogP contribution in [0.15, 0.2) is 60.7 Å². The van der Waals surface area contributed by atoms with Crippen molar-refractivity contribution < 1.29 is 28.9 Å². The maximum Gasteiger partial charge on any atom is 0.338 e. The molecule has 1 aliphatic rings. The van der Waals surface area contributed by atoms with Gasteiger partial charge in [-0.15, -0.1) is 0 Å². The van der Waals surface area contributed by atoms with Crippen molar-refractivity contribution in [3.05, 3.63) is 71.8 Å². The summed E-state index contributed by atoms with van der Waals surface area (Å²) in [6.07, 6.45) is -3.78. The number of carbonyl (C=O) groups is 2. The molecule has 2 aromatic carbocycles. The van der Waals surface area contributed by atoms with Gasteiger partial charge in [0.05, 0.1) is 21.2 Å². The number of rotatable bonds is 4. The van der Waals surface area contributed by atoms with Gasteiger partial charge in [-0.1, -0.05) is 59.0 Å². The van der Waals surface area contributed by atoms with E-state index in [1.165, 1.54) is 0 Å². The highest BCUT2D eigenvalue weighted by Gasteiger charge is 2.47. The second kappa shape index (κ2) is 8.81. The van der Waals surface area contributed by atoms with Crippen LogP contribution in [0.5, 0.6) is 0 Å². The summed E-state index contributed by atoms with van der Waals surface area (Å²) in [5, 5.41) is 10.3. The van der Waals surface area contributed by atoms with E-state index in [-0.39, 0.29) is 10.0 Å². The van der Waals surface area contributed by atoms with Crippen LogP contribution in [0, 0.1) is 0 Å². The molecule has 1 saturated heterocycles. The van der Waals surface area contributed by atoms with Crippen LogP contribution in [0.4, 0.5) is 0 Å². The first-order valence-electron chi connectivity index (χ1n) is 8.47. The number of hydrogen-bond acceptors (Lipinski definition) is 6. The lowest BCUT2D eigenvalue weighted by Crippen LogP contribution is -2.57. The summed E-state index contributed by atoms with van der Waals surface area (Å²) in [5.41, 5.74) is 0.712. The summed E-state index contributed by atoms with van der Waals surface area (Å²) in [7, 11) is 0. The highest BCUT2D eigenvalue weighted by atomic mass is 127. The van der Waals surface area contributed by atoms with Crippen molar-refractivity contribution in [3.63, 3.8) is 0 Å². The summed E-state index contributed by atoms with van der Waals surface area (Å²) in [4.78, 5) is 24.9. The average molecular weight is 482 g/mol. The van der Waals surface area contributed by atoms with Crippen LogP contribution in [-0.2, 0) is 14.2 Å². The fourth-order valence-electron chi connectivity index (χ4n) is 2.77. The quantitative estimate of drug-likeness (QED) is 0.410. The fourth-order valence-corrected chi connectivity index (χ4v) is 3.50. The Morgan fingerprint density at radius 2 is 1.33 bits per heavy atom. The summed E-state index contributed by atoms with van der Waals surface area (Å²) in [6, 6.07) is 16.9. The van der Waals surface area contributed by atoms with Gasteiger partial charge in [0.1, 0.15) is 0 Å². The van der Waals surface area contributed by atoms with E-state index in [2.05, 4.69) is 22.6 Å². The molecule has 0 spiro atoms. The van der Waals surface area contributed by atoms with Gasteiger partial charge in [-0.3, -0.25) is 0 Å². The largest absolute Gasteiger partial charge is 0.453 e. The highest BCUT2D eigenvalue weighted by molar-refractivity contribution is 14.1. The van der Waals surface area contributed by atoms with Crippen molar-refractivity contribution in [2.75, 3.05) is 0 Å². The zero-order valence-electron chi connectivity index (χ0n) is 14.5. The fraction of sp³-hybridized carbons (Fsp3) is 0.300. The molecule has 7 heteroatoms. The molecular weight excluding hydrogens is 463 g/mol. The maximum atomic E-state index is 12.5. The van der Waals surface area contributed by atoms with Gasteiger partial charge in [-0.05, 0) is 31.2 Å². The van der Waals surface area contributed by atoms with Gasteiger partial charge in [-0.2, -0.15) is 0 Å². The number of aliphatic hydroxyl groups excluding tert-OH is 1. The standard InChI is InChI=1S/C20H19IO6/c1-12-15(21)16(26-18(22)13-8-4-2-5-9-13)17(20(24)25-12)27-19(23)14-10-6-3-7-11-14/h2-12,15-17,20,24H,1H3/t12-,15+,16+,17-,20-/m1/s1. The third-order valence-electron chi connectivity index (χ3n) is 4.23. The van der Waals surface area contributed by atoms with Crippen LogP contribution in [0.3, 0.4) is 0 Å². The predicted octanol–water partition coefficient (Wildman–Crippen LogP) is 2.98. The summed E-state index contributed by atoms with van der Waals surface area (Å²) >= 11 is 2.08.